The number of aromatic nitrogens is 2. The highest BCUT2D eigenvalue weighted by atomic mass is 16.5. The van der Waals surface area contributed by atoms with Crippen LogP contribution >= 0.6 is 0 Å². The zero-order valence-electron chi connectivity index (χ0n) is 11.2. The zero-order valence-corrected chi connectivity index (χ0v) is 11.2. The van der Waals surface area contributed by atoms with E-state index in [4.69, 9.17) is 15.1 Å². The molecule has 106 valence electrons. The number of nitrogens with zero attached hydrogens (tertiary/aromatic N) is 3. The molecular weight excluding hydrogens is 270 g/mol. The van der Waals surface area contributed by atoms with E-state index < -0.39 is 5.97 Å². The number of hydrogen-bond acceptors (Lipinski definition) is 5. The van der Waals surface area contributed by atoms with Gasteiger partial charge in [-0.1, -0.05) is 0 Å². The van der Waals surface area contributed by atoms with Crippen LogP contribution in [-0.4, -0.2) is 27.7 Å². The summed E-state index contributed by atoms with van der Waals surface area (Å²) in [7, 11) is 0. The average Bonchev–Trinajstić information content (AvgIpc) is 2.52. The quantitative estimate of drug-likeness (QED) is 0.818. The Morgan fingerprint density at radius 3 is 2.71 bits per heavy atom. The van der Waals surface area contributed by atoms with Crippen molar-refractivity contribution in [2.24, 2.45) is 0 Å². The summed E-state index contributed by atoms with van der Waals surface area (Å²) in [6.07, 6.45) is 2.56. The number of ether oxygens (including phenoxy) is 1. The smallest absolute Gasteiger partial charge is 0.354 e. The van der Waals surface area contributed by atoms with Gasteiger partial charge in [-0.05, 0) is 36.8 Å². The highest BCUT2D eigenvalue weighted by molar-refractivity contribution is 5.85. The van der Waals surface area contributed by atoms with Crippen LogP contribution in [0.5, 0.6) is 5.75 Å². The molecule has 0 aliphatic heterocycles. The number of carboxylic acids is 1. The van der Waals surface area contributed by atoms with Gasteiger partial charge in [0.2, 0.25) is 0 Å². The van der Waals surface area contributed by atoms with Crippen LogP contribution in [0.1, 0.15) is 23.3 Å². The van der Waals surface area contributed by atoms with Gasteiger partial charge < -0.3 is 9.84 Å². The Kier molecular flexibility index (Phi) is 4.83. The predicted octanol–water partition coefficient (Wildman–Crippen LogP) is 2.52. The topological polar surface area (TPSA) is 96.1 Å². The summed E-state index contributed by atoms with van der Waals surface area (Å²) in [6, 6.07) is 10.5. The van der Waals surface area contributed by atoms with E-state index in [-0.39, 0.29) is 5.69 Å². The molecule has 0 aliphatic carbocycles. The van der Waals surface area contributed by atoms with Crippen molar-refractivity contribution in [3.8, 4) is 23.2 Å². The first-order chi connectivity index (χ1) is 10.2. The van der Waals surface area contributed by atoms with Crippen LogP contribution in [0, 0.1) is 11.3 Å². The van der Waals surface area contributed by atoms with E-state index in [1.807, 2.05) is 0 Å². The maximum absolute atomic E-state index is 10.9. The van der Waals surface area contributed by atoms with Crippen LogP contribution in [0.25, 0.3) is 11.4 Å². The minimum atomic E-state index is -1.09. The number of carboxylic acid groups (broad SMARTS) is 1. The molecule has 21 heavy (non-hydrogen) atoms. The molecule has 1 aromatic heterocycles. The molecule has 2 aromatic rings. The SMILES string of the molecule is N#CCCCOc1ccc(-c2nccc(C(=O)O)n2)cc1. The molecule has 0 radical (unpaired) electrons. The summed E-state index contributed by atoms with van der Waals surface area (Å²) in [4.78, 5) is 18.9. The highest BCUT2D eigenvalue weighted by Crippen LogP contribution is 2.19. The number of unbranched alkanes of at least 4 members (excludes halogenated alkanes) is 1. The van der Waals surface area contributed by atoms with Crippen molar-refractivity contribution in [2.45, 2.75) is 12.8 Å². The number of aromatic carboxylic acids is 1. The molecule has 0 saturated heterocycles. The van der Waals surface area contributed by atoms with Gasteiger partial charge >= 0.3 is 5.97 Å². The van der Waals surface area contributed by atoms with Crippen molar-refractivity contribution in [3.63, 3.8) is 0 Å². The van der Waals surface area contributed by atoms with Crippen LogP contribution in [0.4, 0.5) is 0 Å². The molecule has 0 bridgehead atoms. The summed E-state index contributed by atoms with van der Waals surface area (Å²) in [5, 5.41) is 17.3. The van der Waals surface area contributed by atoms with Gasteiger partial charge in [-0.15, -0.1) is 0 Å². The first-order valence-corrected chi connectivity index (χ1v) is 6.37. The zero-order chi connectivity index (χ0) is 15.1. The van der Waals surface area contributed by atoms with Crippen molar-refractivity contribution in [2.75, 3.05) is 6.61 Å². The van der Waals surface area contributed by atoms with Gasteiger partial charge in [0, 0.05) is 18.2 Å². The molecule has 6 nitrogen and oxygen atoms in total. The second-order valence-electron chi connectivity index (χ2n) is 4.21. The van der Waals surface area contributed by atoms with Crippen molar-refractivity contribution in [1.82, 2.24) is 9.97 Å². The molecule has 0 amide bonds. The Hall–Kier alpha value is -2.94. The minimum absolute atomic E-state index is 0.0446. The molecule has 0 unspecified atom stereocenters. The third-order valence-corrected chi connectivity index (χ3v) is 2.69. The van der Waals surface area contributed by atoms with Gasteiger partial charge in [0.25, 0.3) is 0 Å². The first-order valence-electron chi connectivity index (χ1n) is 6.37. The second-order valence-corrected chi connectivity index (χ2v) is 4.21. The monoisotopic (exact) mass is 283 g/mol. The Morgan fingerprint density at radius 2 is 2.05 bits per heavy atom. The molecule has 2 rings (SSSR count). The molecule has 1 N–H and O–H groups in total. The van der Waals surface area contributed by atoms with Gasteiger partial charge in [0.05, 0.1) is 12.7 Å². The third kappa shape index (κ3) is 4.01. The maximum Gasteiger partial charge on any atom is 0.354 e. The van der Waals surface area contributed by atoms with Crippen molar-refractivity contribution in [1.29, 1.82) is 5.26 Å². The molecule has 0 fully saturated rings. The summed E-state index contributed by atoms with van der Waals surface area (Å²) < 4.78 is 5.47. The van der Waals surface area contributed by atoms with E-state index in [2.05, 4.69) is 16.0 Å². The lowest BCUT2D eigenvalue weighted by atomic mass is 10.2. The van der Waals surface area contributed by atoms with Crippen molar-refractivity contribution in [3.05, 3.63) is 42.2 Å². The van der Waals surface area contributed by atoms with Crippen molar-refractivity contribution >= 4 is 5.97 Å². The number of rotatable bonds is 6. The molecule has 0 spiro atoms. The largest absolute Gasteiger partial charge is 0.494 e. The van der Waals surface area contributed by atoms with Gasteiger partial charge in [0.1, 0.15) is 5.75 Å². The van der Waals surface area contributed by atoms with Gasteiger partial charge in [-0.3, -0.25) is 0 Å². The summed E-state index contributed by atoms with van der Waals surface area (Å²) >= 11 is 0. The van der Waals surface area contributed by atoms with Gasteiger partial charge in [-0.25, -0.2) is 14.8 Å². The highest BCUT2D eigenvalue weighted by Gasteiger charge is 2.08. The number of benzene rings is 1. The summed E-state index contributed by atoms with van der Waals surface area (Å²) in [5.74, 6) is -0.0481. The van der Waals surface area contributed by atoms with E-state index in [1.54, 1.807) is 24.3 Å². The Bertz CT molecular complexity index is 663. The van der Waals surface area contributed by atoms with Crippen LogP contribution in [0.15, 0.2) is 36.5 Å². The van der Waals surface area contributed by atoms with E-state index in [0.29, 0.717) is 36.6 Å². The van der Waals surface area contributed by atoms with Gasteiger partial charge in [0.15, 0.2) is 11.5 Å². The molecule has 0 saturated carbocycles. The van der Waals surface area contributed by atoms with Crippen LogP contribution in [0.3, 0.4) is 0 Å². The number of nitriles is 1. The van der Waals surface area contributed by atoms with Crippen molar-refractivity contribution < 1.29 is 14.6 Å². The summed E-state index contributed by atoms with van der Waals surface area (Å²) in [5.41, 5.74) is 0.666. The molecular formula is C15H13N3O3. The van der Waals surface area contributed by atoms with Crippen LogP contribution < -0.4 is 4.74 Å². The van der Waals surface area contributed by atoms with Crippen LogP contribution in [-0.2, 0) is 0 Å². The predicted molar refractivity (Wildman–Crippen MR) is 74.8 cm³/mol. The average molecular weight is 283 g/mol. The molecule has 1 aromatic carbocycles. The minimum Gasteiger partial charge on any atom is -0.494 e. The third-order valence-electron chi connectivity index (χ3n) is 2.69. The maximum atomic E-state index is 10.9. The van der Waals surface area contributed by atoms with Crippen LogP contribution in [0.2, 0.25) is 0 Å². The van der Waals surface area contributed by atoms with Gasteiger partial charge in [-0.2, -0.15) is 5.26 Å². The summed E-state index contributed by atoms with van der Waals surface area (Å²) in [6.45, 7) is 0.484. The molecule has 0 atom stereocenters. The van der Waals surface area contributed by atoms with E-state index in [9.17, 15) is 4.79 Å². The number of carbonyl (C=O) groups is 1. The Morgan fingerprint density at radius 1 is 1.29 bits per heavy atom. The van der Waals surface area contributed by atoms with E-state index >= 15 is 0 Å². The fraction of sp³-hybridized carbons (Fsp3) is 0.200. The first kappa shape index (κ1) is 14.5. The second kappa shape index (κ2) is 7.01. The lowest BCUT2D eigenvalue weighted by Crippen LogP contribution is -2.02. The Balaban J connectivity index is 2.07. The lowest BCUT2D eigenvalue weighted by molar-refractivity contribution is 0.0690. The normalized spacial score (nSPS) is 9.86. The van der Waals surface area contributed by atoms with E-state index in [1.165, 1.54) is 12.3 Å². The molecule has 6 heteroatoms. The standard InChI is InChI=1S/C15H13N3O3/c16-8-1-2-10-21-12-5-3-11(4-6-12)14-17-9-7-13(18-14)15(19)20/h3-7,9H,1-2,10H2,(H,19,20). The lowest BCUT2D eigenvalue weighted by Gasteiger charge is -2.06. The molecule has 0 aliphatic rings. The Labute approximate surface area is 121 Å². The van der Waals surface area contributed by atoms with E-state index in [0.717, 1.165) is 0 Å². The fourth-order valence-corrected chi connectivity index (χ4v) is 1.66. The molecule has 1 heterocycles. The number of hydrogen-bond donors (Lipinski definition) is 1. The fourth-order valence-electron chi connectivity index (χ4n) is 1.66.